The zero-order chi connectivity index (χ0) is 16.4. The van der Waals surface area contributed by atoms with Crippen molar-refractivity contribution in [3.63, 3.8) is 0 Å². The average Bonchev–Trinajstić information content (AvgIpc) is 2.64. The standard InChI is InChI=1S/C20H26N2O/c1-15(13-21(2)3)14-22-19-7-5-4-6-16(19)8-9-17-12-18(23)10-11-20(17)22/h4-7,10-12,15,23H,8-9,13-14H2,1-3H3/t15-/m0/s1. The monoisotopic (exact) mass is 310 g/mol. The minimum absolute atomic E-state index is 0.357. The zero-order valence-corrected chi connectivity index (χ0v) is 14.3. The van der Waals surface area contributed by atoms with Gasteiger partial charge in [-0.3, -0.25) is 0 Å². The third kappa shape index (κ3) is 3.50. The number of benzene rings is 2. The number of para-hydroxylation sites is 1. The number of nitrogens with zero attached hydrogens (tertiary/aromatic N) is 2. The van der Waals surface area contributed by atoms with E-state index in [-0.39, 0.29) is 0 Å². The normalized spacial score (nSPS) is 15.0. The number of fused-ring (bicyclic) bond motifs is 2. The summed E-state index contributed by atoms with van der Waals surface area (Å²) in [5.41, 5.74) is 5.17. The van der Waals surface area contributed by atoms with E-state index in [0.717, 1.165) is 25.9 Å². The summed E-state index contributed by atoms with van der Waals surface area (Å²) in [4.78, 5) is 4.68. The molecule has 0 aliphatic carbocycles. The van der Waals surface area contributed by atoms with Gasteiger partial charge in [0.25, 0.3) is 0 Å². The van der Waals surface area contributed by atoms with Gasteiger partial charge in [0.05, 0.1) is 0 Å². The van der Waals surface area contributed by atoms with Gasteiger partial charge in [-0.05, 0) is 68.2 Å². The number of hydrogen-bond donors (Lipinski definition) is 1. The first kappa shape index (κ1) is 15.9. The first-order valence-electron chi connectivity index (χ1n) is 8.36. The summed E-state index contributed by atoms with van der Waals surface area (Å²) in [6.07, 6.45) is 1.99. The number of phenols is 1. The van der Waals surface area contributed by atoms with Crippen molar-refractivity contribution < 1.29 is 5.11 Å². The van der Waals surface area contributed by atoms with E-state index in [1.54, 1.807) is 6.07 Å². The van der Waals surface area contributed by atoms with Crippen LogP contribution in [-0.4, -0.2) is 37.2 Å². The van der Waals surface area contributed by atoms with Crippen molar-refractivity contribution in [1.29, 1.82) is 0 Å². The molecule has 0 saturated carbocycles. The lowest BCUT2D eigenvalue weighted by Crippen LogP contribution is -2.30. The van der Waals surface area contributed by atoms with Gasteiger partial charge < -0.3 is 14.9 Å². The van der Waals surface area contributed by atoms with E-state index in [0.29, 0.717) is 11.7 Å². The van der Waals surface area contributed by atoms with Crippen LogP contribution in [0.25, 0.3) is 0 Å². The Bertz CT molecular complexity index is 681. The Morgan fingerprint density at radius 2 is 1.74 bits per heavy atom. The molecule has 0 aromatic heterocycles. The molecule has 0 unspecified atom stereocenters. The number of phenolic OH excluding ortho intramolecular Hbond substituents is 1. The quantitative estimate of drug-likeness (QED) is 0.930. The second-order valence-corrected chi connectivity index (χ2v) is 6.92. The van der Waals surface area contributed by atoms with Crippen LogP contribution in [0.4, 0.5) is 11.4 Å². The van der Waals surface area contributed by atoms with Gasteiger partial charge in [0, 0.05) is 24.5 Å². The van der Waals surface area contributed by atoms with E-state index in [1.807, 2.05) is 6.07 Å². The van der Waals surface area contributed by atoms with Crippen molar-refractivity contribution >= 4 is 11.4 Å². The summed E-state index contributed by atoms with van der Waals surface area (Å²) < 4.78 is 0. The Labute approximate surface area is 139 Å². The summed E-state index contributed by atoms with van der Waals surface area (Å²) in [5.74, 6) is 0.911. The maximum Gasteiger partial charge on any atom is 0.116 e. The molecule has 2 aromatic carbocycles. The van der Waals surface area contributed by atoms with Gasteiger partial charge in [0.1, 0.15) is 5.75 Å². The van der Waals surface area contributed by atoms with Crippen molar-refractivity contribution in [2.75, 3.05) is 32.1 Å². The predicted molar refractivity (Wildman–Crippen MR) is 96.7 cm³/mol. The molecule has 1 atom stereocenters. The smallest absolute Gasteiger partial charge is 0.116 e. The van der Waals surface area contributed by atoms with Gasteiger partial charge in [0.15, 0.2) is 0 Å². The summed E-state index contributed by atoms with van der Waals surface area (Å²) >= 11 is 0. The summed E-state index contributed by atoms with van der Waals surface area (Å²) in [7, 11) is 4.25. The molecule has 122 valence electrons. The third-order valence-corrected chi connectivity index (χ3v) is 4.47. The number of rotatable bonds is 4. The Morgan fingerprint density at radius 1 is 1.04 bits per heavy atom. The molecule has 0 bridgehead atoms. The largest absolute Gasteiger partial charge is 0.508 e. The van der Waals surface area contributed by atoms with E-state index in [9.17, 15) is 5.11 Å². The molecule has 3 rings (SSSR count). The highest BCUT2D eigenvalue weighted by Crippen LogP contribution is 2.37. The SMILES string of the molecule is C[C@@H](CN(C)C)CN1c2ccccc2CCc2cc(O)ccc21. The highest BCUT2D eigenvalue weighted by atomic mass is 16.3. The van der Waals surface area contributed by atoms with Crippen LogP contribution in [-0.2, 0) is 12.8 Å². The van der Waals surface area contributed by atoms with Crippen molar-refractivity contribution in [3.8, 4) is 5.75 Å². The Morgan fingerprint density at radius 3 is 2.52 bits per heavy atom. The molecule has 0 radical (unpaired) electrons. The van der Waals surface area contributed by atoms with Crippen molar-refractivity contribution in [3.05, 3.63) is 53.6 Å². The van der Waals surface area contributed by atoms with Crippen LogP contribution in [0.15, 0.2) is 42.5 Å². The van der Waals surface area contributed by atoms with Gasteiger partial charge in [-0.1, -0.05) is 25.1 Å². The lowest BCUT2D eigenvalue weighted by Gasteiger charge is -2.30. The topological polar surface area (TPSA) is 26.7 Å². The first-order chi connectivity index (χ1) is 11.0. The van der Waals surface area contributed by atoms with Crippen molar-refractivity contribution in [2.24, 2.45) is 5.92 Å². The molecule has 0 spiro atoms. The first-order valence-corrected chi connectivity index (χ1v) is 8.36. The lowest BCUT2D eigenvalue weighted by molar-refractivity contribution is 0.343. The molecule has 1 heterocycles. The fourth-order valence-corrected chi connectivity index (χ4v) is 3.61. The van der Waals surface area contributed by atoms with E-state index in [1.165, 1.54) is 22.5 Å². The maximum absolute atomic E-state index is 9.86. The maximum atomic E-state index is 9.86. The molecule has 3 nitrogen and oxygen atoms in total. The number of aromatic hydroxyl groups is 1. The van der Waals surface area contributed by atoms with Gasteiger partial charge in [0.2, 0.25) is 0 Å². The van der Waals surface area contributed by atoms with E-state index in [2.05, 4.69) is 61.2 Å². The van der Waals surface area contributed by atoms with Gasteiger partial charge in [-0.2, -0.15) is 0 Å². The van der Waals surface area contributed by atoms with Crippen LogP contribution < -0.4 is 4.90 Å². The Hall–Kier alpha value is -2.00. The van der Waals surface area contributed by atoms with Crippen molar-refractivity contribution in [1.82, 2.24) is 4.90 Å². The summed E-state index contributed by atoms with van der Waals surface area (Å²) in [5, 5.41) is 9.86. The molecular weight excluding hydrogens is 284 g/mol. The number of hydrogen-bond acceptors (Lipinski definition) is 3. The molecule has 1 N–H and O–H groups in total. The Kier molecular flexibility index (Phi) is 4.58. The highest BCUT2D eigenvalue weighted by molar-refractivity contribution is 5.71. The molecule has 3 heteroatoms. The molecule has 23 heavy (non-hydrogen) atoms. The molecule has 0 amide bonds. The van der Waals surface area contributed by atoms with Crippen molar-refractivity contribution in [2.45, 2.75) is 19.8 Å². The summed E-state index contributed by atoms with van der Waals surface area (Å²) in [6.45, 7) is 4.34. The molecule has 0 saturated heterocycles. The predicted octanol–water partition coefficient (Wildman–Crippen LogP) is 3.83. The van der Waals surface area contributed by atoms with Crippen LogP contribution in [0.2, 0.25) is 0 Å². The third-order valence-electron chi connectivity index (χ3n) is 4.47. The van der Waals surface area contributed by atoms with E-state index in [4.69, 9.17) is 0 Å². The second kappa shape index (κ2) is 6.63. The molecule has 0 fully saturated rings. The molecular formula is C20H26N2O. The average molecular weight is 310 g/mol. The molecule has 1 aliphatic rings. The minimum atomic E-state index is 0.357. The van der Waals surface area contributed by atoms with Crippen LogP contribution in [0.1, 0.15) is 18.1 Å². The minimum Gasteiger partial charge on any atom is -0.508 e. The van der Waals surface area contributed by atoms with Crippen LogP contribution in [0, 0.1) is 5.92 Å². The molecule has 1 aliphatic heterocycles. The van der Waals surface area contributed by atoms with Gasteiger partial charge in [-0.25, -0.2) is 0 Å². The van der Waals surface area contributed by atoms with Gasteiger partial charge >= 0.3 is 0 Å². The lowest BCUT2D eigenvalue weighted by atomic mass is 10.0. The van der Waals surface area contributed by atoms with E-state index >= 15 is 0 Å². The number of aryl methyl sites for hydroxylation is 2. The highest BCUT2D eigenvalue weighted by Gasteiger charge is 2.22. The van der Waals surface area contributed by atoms with Crippen LogP contribution in [0.3, 0.4) is 0 Å². The summed E-state index contributed by atoms with van der Waals surface area (Å²) in [6, 6.07) is 14.5. The van der Waals surface area contributed by atoms with Gasteiger partial charge in [-0.15, -0.1) is 0 Å². The van der Waals surface area contributed by atoms with E-state index < -0.39 is 0 Å². The van der Waals surface area contributed by atoms with Crippen LogP contribution >= 0.6 is 0 Å². The molecule has 2 aromatic rings. The van der Waals surface area contributed by atoms with Crippen LogP contribution in [0.5, 0.6) is 5.75 Å². The number of anilines is 2. The zero-order valence-electron chi connectivity index (χ0n) is 14.3. The second-order valence-electron chi connectivity index (χ2n) is 6.92. The fourth-order valence-electron chi connectivity index (χ4n) is 3.61. The fraction of sp³-hybridized carbons (Fsp3) is 0.400. The Balaban J connectivity index is 2.01.